The van der Waals surface area contributed by atoms with Gasteiger partial charge in [-0.05, 0) is 25.0 Å². The van der Waals surface area contributed by atoms with E-state index in [-0.39, 0.29) is 18.9 Å². The fourth-order valence-electron chi connectivity index (χ4n) is 2.27. The van der Waals surface area contributed by atoms with Crippen LogP contribution in [0.3, 0.4) is 0 Å². The third-order valence-corrected chi connectivity index (χ3v) is 4.01. The van der Waals surface area contributed by atoms with Crippen molar-refractivity contribution in [2.24, 2.45) is 5.41 Å². The van der Waals surface area contributed by atoms with Crippen LogP contribution in [0.4, 0.5) is 0 Å². The number of carboxylic acids is 1. The van der Waals surface area contributed by atoms with Gasteiger partial charge in [-0.3, -0.25) is 9.59 Å². The second-order valence-corrected chi connectivity index (χ2v) is 5.61. The Balaban J connectivity index is 2.03. The third kappa shape index (κ3) is 2.89. The summed E-state index contributed by atoms with van der Waals surface area (Å²) in [5.41, 5.74) is -0.0473. The molecule has 0 saturated carbocycles. The molecule has 0 aliphatic carbocycles. The molecule has 1 fully saturated rings. The molecule has 102 valence electrons. The minimum atomic E-state index is -0.847. The maximum atomic E-state index is 12.2. The Labute approximate surface area is 117 Å². The normalized spacial score (nSPS) is 22.5. The van der Waals surface area contributed by atoms with E-state index in [2.05, 4.69) is 0 Å². The van der Waals surface area contributed by atoms with Crippen LogP contribution in [0.1, 0.15) is 18.9 Å². The summed E-state index contributed by atoms with van der Waals surface area (Å²) in [5.74, 6) is -0.918. The van der Waals surface area contributed by atoms with Gasteiger partial charge in [-0.2, -0.15) is 0 Å². The van der Waals surface area contributed by atoms with E-state index in [0.29, 0.717) is 18.0 Å². The summed E-state index contributed by atoms with van der Waals surface area (Å²) in [5, 5.41) is 9.71. The molecule has 1 saturated heterocycles. The molecule has 1 aromatic rings. The molecule has 0 aromatic heterocycles. The van der Waals surface area contributed by atoms with E-state index in [1.807, 2.05) is 18.2 Å². The molecule has 0 bridgehead atoms. The largest absolute Gasteiger partial charge is 0.481 e. The topological polar surface area (TPSA) is 57.6 Å². The molecule has 1 aliphatic rings. The number of carbonyl (C=O) groups excluding carboxylic acids is 1. The molecule has 0 unspecified atom stereocenters. The van der Waals surface area contributed by atoms with Gasteiger partial charge in [0, 0.05) is 18.1 Å². The van der Waals surface area contributed by atoms with Gasteiger partial charge in [0.25, 0.3) is 0 Å². The lowest BCUT2D eigenvalue weighted by molar-refractivity contribution is -0.147. The minimum Gasteiger partial charge on any atom is -0.481 e. The number of hydrogen-bond acceptors (Lipinski definition) is 2. The van der Waals surface area contributed by atoms with Crippen molar-refractivity contribution < 1.29 is 14.7 Å². The lowest BCUT2D eigenvalue weighted by atomic mass is 9.90. The van der Waals surface area contributed by atoms with Crippen LogP contribution >= 0.6 is 11.6 Å². The van der Waals surface area contributed by atoms with Crippen molar-refractivity contribution in [3.8, 4) is 0 Å². The van der Waals surface area contributed by atoms with E-state index in [1.54, 1.807) is 17.9 Å². The summed E-state index contributed by atoms with van der Waals surface area (Å²) in [7, 11) is 0. The Hall–Kier alpha value is -1.55. The van der Waals surface area contributed by atoms with Crippen LogP contribution in [-0.2, 0) is 16.0 Å². The molecule has 0 spiro atoms. The van der Waals surface area contributed by atoms with Gasteiger partial charge in [0.15, 0.2) is 0 Å². The van der Waals surface area contributed by atoms with E-state index >= 15 is 0 Å². The number of aliphatic carboxylic acids is 1. The van der Waals surface area contributed by atoms with E-state index in [4.69, 9.17) is 16.7 Å². The average Bonchev–Trinajstić information content (AvgIpc) is 2.76. The molecular formula is C14H16ClNO3. The zero-order valence-electron chi connectivity index (χ0n) is 10.7. The van der Waals surface area contributed by atoms with Gasteiger partial charge in [0.2, 0.25) is 5.91 Å². The fraction of sp³-hybridized carbons (Fsp3) is 0.429. The first-order valence-corrected chi connectivity index (χ1v) is 6.55. The molecule has 1 heterocycles. The predicted molar refractivity (Wildman–Crippen MR) is 72.1 cm³/mol. The van der Waals surface area contributed by atoms with Crippen LogP contribution in [0.15, 0.2) is 24.3 Å². The molecule has 1 aliphatic heterocycles. The molecule has 1 aromatic carbocycles. The first kappa shape index (κ1) is 13.9. The maximum absolute atomic E-state index is 12.2. The SMILES string of the molecule is C[C@@]1(C(=O)O)CCN(C(=O)Cc2ccccc2Cl)C1. The monoisotopic (exact) mass is 281 g/mol. The standard InChI is InChI=1S/C14H16ClNO3/c1-14(13(18)19)6-7-16(9-14)12(17)8-10-4-2-3-5-11(10)15/h2-5H,6-9H2,1H3,(H,18,19)/t14-/m1/s1. The van der Waals surface area contributed by atoms with Crippen molar-refractivity contribution >= 4 is 23.5 Å². The Morgan fingerprint density at radius 3 is 2.68 bits per heavy atom. The number of hydrogen-bond donors (Lipinski definition) is 1. The number of nitrogens with zero attached hydrogens (tertiary/aromatic N) is 1. The van der Waals surface area contributed by atoms with E-state index < -0.39 is 11.4 Å². The van der Waals surface area contributed by atoms with Crippen molar-refractivity contribution in [1.82, 2.24) is 4.90 Å². The molecule has 1 atom stereocenters. The number of likely N-dealkylation sites (tertiary alicyclic amines) is 1. The highest BCUT2D eigenvalue weighted by atomic mass is 35.5. The zero-order chi connectivity index (χ0) is 14.0. The van der Waals surface area contributed by atoms with Crippen LogP contribution in [0, 0.1) is 5.41 Å². The second-order valence-electron chi connectivity index (χ2n) is 5.20. The molecule has 0 radical (unpaired) electrons. The van der Waals surface area contributed by atoms with E-state index in [0.717, 1.165) is 5.56 Å². The number of amides is 1. The van der Waals surface area contributed by atoms with Crippen LogP contribution in [-0.4, -0.2) is 35.0 Å². The van der Waals surface area contributed by atoms with E-state index in [1.165, 1.54) is 0 Å². The van der Waals surface area contributed by atoms with Crippen LogP contribution < -0.4 is 0 Å². The van der Waals surface area contributed by atoms with Crippen LogP contribution in [0.5, 0.6) is 0 Å². The number of rotatable bonds is 3. The van der Waals surface area contributed by atoms with Crippen LogP contribution in [0.25, 0.3) is 0 Å². The Kier molecular flexibility index (Phi) is 3.80. The molecular weight excluding hydrogens is 266 g/mol. The molecule has 1 N–H and O–H groups in total. The summed E-state index contributed by atoms with van der Waals surface area (Å²) < 4.78 is 0. The molecule has 1 amide bonds. The van der Waals surface area contributed by atoms with Gasteiger partial charge in [-0.25, -0.2) is 0 Å². The summed E-state index contributed by atoms with van der Waals surface area (Å²) >= 11 is 6.02. The summed E-state index contributed by atoms with van der Waals surface area (Å²) in [4.78, 5) is 24.9. The Bertz CT molecular complexity index is 517. The lowest BCUT2D eigenvalue weighted by Gasteiger charge is -2.20. The van der Waals surface area contributed by atoms with Gasteiger partial charge < -0.3 is 10.0 Å². The quantitative estimate of drug-likeness (QED) is 0.924. The van der Waals surface area contributed by atoms with Gasteiger partial charge in [0.1, 0.15) is 0 Å². The number of carboxylic acid groups (broad SMARTS) is 1. The first-order chi connectivity index (χ1) is 8.92. The Morgan fingerprint density at radius 2 is 2.11 bits per heavy atom. The first-order valence-electron chi connectivity index (χ1n) is 6.17. The number of benzene rings is 1. The molecule has 4 nitrogen and oxygen atoms in total. The highest BCUT2D eigenvalue weighted by Gasteiger charge is 2.41. The maximum Gasteiger partial charge on any atom is 0.311 e. The smallest absolute Gasteiger partial charge is 0.311 e. The van der Waals surface area contributed by atoms with E-state index in [9.17, 15) is 9.59 Å². The summed E-state index contributed by atoms with van der Waals surface area (Å²) in [6, 6.07) is 7.20. The van der Waals surface area contributed by atoms with Crippen molar-refractivity contribution in [2.45, 2.75) is 19.8 Å². The molecule has 5 heteroatoms. The molecule has 19 heavy (non-hydrogen) atoms. The summed E-state index contributed by atoms with van der Waals surface area (Å²) in [6.07, 6.45) is 0.714. The third-order valence-electron chi connectivity index (χ3n) is 3.64. The van der Waals surface area contributed by atoms with Gasteiger partial charge in [-0.15, -0.1) is 0 Å². The van der Waals surface area contributed by atoms with Crippen molar-refractivity contribution in [2.75, 3.05) is 13.1 Å². The Morgan fingerprint density at radius 1 is 1.42 bits per heavy atom. The fourth-order valence-corrected chi connectivity index (χ4v) is 2.47. The van der Waals surface area contributed by atoms with Gasteiger partial charge in [0.05, 0.1) is 11.8 Å². The van der Waals surface area contributed by atoms with Crippen molar-refractivity contribution in [3.05, 3.63) is 34.9 Å². The highest BCUT2D eigenvalue weighted by Crippen LogP contribution is 2.30. The second kappa shape index (κ2) is 5.21. The van der Waals surface area contributed by atoms with Crippen molar-refractivity contribution in [3.63, 3.8) is 0 Å². The van der Waals surface area contributed by atoms with Gasteiger partial charge in [-0.1, -0.05) is 29.8 Å². The van der Waals surface area contributed by atoms with Crippen LogP contribution in [0.2, 0.25) is 5.02 Å². The zero-order valence-corrected chi connectivity index (χ0v) is 11.5. The highest BCUT2D eigenvalue weighted by molar-refractivity contribution is 6.31. The van der Waals surface area contributed by atoms with Crippen molar-refractivity contribution in [1.29, 1.82) is 0 Å². The number of halogens is 1. The predicted octanol–water partition coefficient (Wildman–Crippen LogP) is 2.21. The number of carbonyl (C=O) groups is 2. The molecule has 2 rings (SSSR count). The average molecular weight is 282 g/mol. The minimum absolute atomic E-state index is 0.0712. The lowest BCUT2D eigenvalue weighted by Crippen LogP contribution is -2.35. The summed E-state index contributed by atoms with van der Waals surface area (Å²) in [6.45, 7) is 2.44. The van der Waals surface area contributed by atoms with Gasteiger partial charge >= 0.3 is 5.97 Å².